The maximum atomic E-state index is 12.8. The van der Waals surface area contributed by atoms with Crippen LogP contribution in [0.5, 0.6) is 0 Å². The predicted octanol–water partition coefficient (Wildman–Crippen LogP) is 3.61. The van der Waals surface area contributed by atoms with Crippen LogP contribution in [0.4, 0.5) is 0 Å². The predicted molar refractivity (Wildman–Crippen MR) is 112 cm³/mol. The average Bonchev–Trinajstić information content (AvgIpc) is 3.26. The van der Waals surface area contributed by atoms with E-state index < -0.39 is 0 Å². The molecule has 2 N–H and O–H groups in total. The van der Waals surface area contributed by atoms with Crippen molar-refractivity contribution >= 4 is 27.2 Å². The highest BCUT2D eigenvalue weighted by Crippen LogP contribution is 2.35. The van der Waals surface area contributed by atoms with Gasteiger partial charge in [-0.1, -0.05) is 13.0 Å². The van der Waals surface area contributed by atoms with Gasteiger partial charge in [0.05, 0.1) is 17.1 Å². The topological polar surface area (TPSA) is 75.1 Å². The number of aromatic nitrogens is 4. The Labute approximate surface area is 166 Å². The molecule has 0 aliphatic heterocycles. The van der Waals surface area contributed by atoms with E-state index in [4.69, 9.17) is 4.98 Å². The minimum Gasteiger partial charge on any atom is -0.309 e. The molecular weight excluding hydrogens is 370 g/mol. The molecule has 0 saturated heterocycles. The Morgan fingerprint density at radius 2 is 2.29 bits per heavy atom. The highest BCUT2D eigenvalue weighted by Gasteiger charge is 2.23. The molecule has 0 bridgehead atoms. The van der Waals surface area contributed by atoms with Crippen LogP contribution in [0.1, 0.15) is 48.3 Å². The molecule has 28 heavy (non-hydrogen) atoms. The lowest BCUT2D eigenvalue weighted by Gasteiger charge is -2.17. The summed E-state index contributed by atoms with van der Waals surface area (Å²) in [5, 5.41) is 4.24. The summed E-state index contributed by atoms with van der Waals surface area (Å²) in [6.45, 7) is 4.92. The first kappa shape index (κ1) is 17.6. The van der Waals surface area contributed by atoms with Crippen molar-refractivity contribution in [2.75, 3.05) is 0 Å². The average molecular weight is 394 g/mol. The maximum Gasteiger partial charge on any atom is 0.259 e. The van der Waals surface area contributed by atoms with Crippen molar-refractivity contribution in [2.45, 2.75) is 45.7 Å². The number of pyridine rings is 1. The van der Waals surface area contributed by atoms with Gasteiger partial charge in [0.15, 0.2) is 0 Å². The Hall–Kier alpha value is -2.51. The second kappa shape index (κ2) is 6.83. The van der Waals surface area contributed by atoms with E-state index in [0.717, 1.165) is 40.8 Å². The first-order chi connectivity index (χ1) is 13.6. The molecule has 1 aliphatic carbocycles. The molecule has 0 radical (unpaired) electrons. The maximum absolute atomic E-state index is 12.8. The Morgan fingerprint density at radius 1 is 1.39 bits per heavy atom. The number of nitrogens with zero attached hydrogens (tertiary/aromatic N) is 3. The van der Waals surface area contributed by atoms with Crippen molar-refractivity contribution in [1.29, 1.82) is 0 Å². The van der Waals surface area contributed by atoms with Gasteiger partial charge in [0, 0.05) is 23.8 Å². The standard InChI is InChI=1S/C21H23N5OS/c1-12-6-7-15-16(9-12)28-21-18(15)20(27)24-19(25-21)13(2)22-10-14-11-26-8-4-3-5-17(26)23-14/h3-5,8,11-13,22H,6-7,9-10H2,1-2H3,(H,24,25,27)/t12-,13-/m0/s1. The van der Waals surface area contributed by atoms with Crippen LogP contribution in [0.25, 0.3) is 15.9 Å². The van der Waals surface area contributed by atoms with E-state index >= 15 is 0 Å². The van der Waals surface area contributed by atoms with Crippen molar-refractivity contribution < 1.29 is 0 Å². The van der Waals surface area contributed by atoms with E-state index in [1.54, 1.807) is 11.3 Å². The lowest BCUT2D eigenvalue weighted by atomic mass is 9.89. The highest BCUT2D eigenvalue weighted by molar-refractivity contribution is 7.18. The Kier molecular flexibility index (Phi) is 4.29. The van der Waals surface area contributed by atoms with E-state index in [-0.39, 0.29) is 11.6 Å². The number of fused-ring (bicyclic) bond motifs is 4. The zero-order valence-corrected chi connectivity index (χ0v) is 16.8. The smallest absolute Gasteiger partial charge is 0.259 e. The number of H-pyrrole nitrogens is 1. The zero-order valence-electron chi connectivity index (χ0n) is 16.0. The van der Waals surface area contributed by atoms with Crippen LogP contribution < -0.4 is 10.9 Å². The Balaban J connectivity index is 1.40. The number of rotatable bonds is 4. The third kappa shape index (κ3) is 3.04. The van der Waals surface area contributed by atoms with Gasteiger partial charge in [-0.05, 0) is 49.8 Å². The zero-order chi connectivity index (χ0) is 19.3. The fraction of sp³-hybridized carbons (Fsp3) is 0.381. The molecule has 0 saturated carbocycles. The molecule has 5 rings (SSSR count). The second-order valence-corrected chi connectivity index (χ2v) is 8.87. The minimum atomic E-state index is -0.0695. The van der Waals surface area contributed by atoms with Crippen LogP contribution >= 0.6 is 11.3 Å². The van der Waals surface area contributed by atoms with Gasteiger partial charge in [0.25, 0.3) is 5.56 Å². The van der Waals surface area contributed by atoms with Gasteiger partial charge in [-0.25, -0.2) is 9.97 Å². The van der Waals surface area contributed by atoms with Crippen molar-refractivity contribution in [2.24, 2.45) is 5.92 Å². The molecule has 7 heteroatoms. The van der Waals surface area contributed by atoms with Gasteiger partial charge < -0.3 is 14.7 Å². The molecule has 1 aliphatic rings. The first-order valence-electron chi connectivity index (χ1n) is 9.79. The number of imidazole rings is 1. The van der Waals surface area contributed by atoms with Crippen LogP contribution in [0, 0.1) is 5.92 Å². The molecule has 0 amide bonds. The molecule has 4 aromatic rings. The summed E-state index contributed by atoms with van der Waals surface area (Å²) in [4.78, 5) is 27.4. The van der Waals surface area contributed by atoms with E-state index in [1.165, 1.54) is 10.4 Å². The molecule has 144 valence electrons. The molecular formula is C21H23N5OS. The molecule has 4 aromatic heterocycles. The SMILES string of the molecule is C[C@H]1CCc2c(sc3nc([C@H](C)NCc4cn5ccccc5n4)[nH]c(=O)c23)C1. The van der Waals surface area contributed by atoms with E-state index in [1.807, 2.05) is 41.9 Å². The van der Waals surface area contributed by atoms with Gasteiger partial charge >= 0.3 is 0 Å². The highest BCUT2D eigenvalue weighted by atomic mass is 32.1. The van der Waals surface area contributed by atoms with Gasteiger partial charge in [0.1, 0.15) is 16.3 Å². The summed E-state index contributed by atoms with van der Waals surface area (Å²) in [6, 6.07) is 5.88. The lowest BCUT2D eigenvalue weighted by molar-refractivity contribution is 0.509. The number of hydrogen-bond donors (Lipinski definition) is 2. The second-order valence-electron chi connectivity index (χ2n) is 7.78. The lowest BCUT2D eigenvalue weighted by Crippen LogP contribution is -2.23. The van der Waals surface area contributed by atoms with Crippen LogP contribution in [0.15, 0.2) is 35.4 Å². The Bertz CT molecular complexity index is 1190. The Morgan fingerprint density at radius 3 is 3.14 bits per heavy atom. The van der Waals surface area contributed by atoms with Crippen molar-refractivity contribution in [3.8, 4) is 0 Å². The number of aromatic amines is 1. The molecule has 2 atom stereocenters. The molecule has 0 unspecified atom stereocenters. The van der Waals surface area contributed by atoms with Gasteiger partial charge in [-0.3, -0.25) is 4.79 Å². The third-order valence-corrected chi connectivity index (χ3v) is 6.75. The molecule has 0 spiro atoms. The summed E-state index contributed by atoms with van der Waals surface area (Å²) < 4.78 is 2.00. The molecule has 0 aromatic carbocycles. The summed E-state index contributed by atoms with van der Waals surface area (Å²) in [5.41, 5.74) is 3.11. The monoisotopic (exact) mass is 393 g/mol. The molecule has 6 nitrogen and oxygen atoms in total. The fourth-order valence-corrected chi connectivity index (χ4v) is 5.39. The van der Waals surface area contributed by atoms with Crippen LogP contribution in [-0.4, -0.2) is 19.4 Å². The largest absolute Gasteiger partial charge is 0.309 e. The normalized spacial score (nSPS) is 17.9. The van der Waals surface area contributed by atoms with Crippen LogP contribution in [-0.2, 0) is 19.4 Å². The summed E-state index contributed by atoms with van der Waals surface area (Å²) in [7, 11) is 0. The minimum absolute atomic E-state index is 0.00608. The number of hydrogen-bond acceptors (Lipinski definition) is 5. The molecule has 4 heterocycles. The number of thiophene rings is 1. The van der Waals surface area contributed by atoms with Crippen LogP contribution in [0.3, 0.4) is 0 Å². The molecule has 0 fully saturated rings. The summed E-state index contributed by atoms with van der Waals surface area (Å²) in [6.07, 6.45) is 7.21. The van der Waals surface area contributed by atoms with Gasteiger partial charge in [-0.15, -0.1) is 11.3 Å². The quantitative estimate of drug-likeness (QED) is 0.555. The van der Waals surface area contributed by atoms with Gasteiger partial charge in [0.2, 0.25) is 0 Å². The van der Waals surface area contributed by atoms with Crippen LogP contribution in [0.2, 0.25) is 0 Å². The summed E-state index contributed by atoms with van der Waals surface area (Å²) in [5.74, 6) is 1.37. The first-order valence-corrected chi connectivity index (χ1v) is 10.6. The third-order valence-electron chi connectivity index (χ3n) is 5.60. The summed E-state index contributed by atoms with van der Waals surface area (Å²) >= 11 is 1.69. The van der Waals surface area contributed by atoms with Crippen molar-refractivity contribution in [3.63, 3.8) is 0 Å². The van der Waals surface area contributed by atoms with Crippen molar-refractivity contribution in [1.82, 2.24) is 24.7 Å². The van der Waals surface area contributed by atoms with E-state index in [0.29, 0.717) is 18.3 Å². The van der Waals surface area contributed by atoms with Crippen molar-refractivity contribution in [3.05, 3.63) is 62.9 Å². The van der Waals surface area contributed by atoms with Gasteiger partial charge in [-0.2, -0.15) is 0 Å². The number of aryl methyl sites for hydroxylation is 1. The fourth-order valence-electron chi connectivity index (χ4n) is 4.00. The van der Waals surface area contributed by atoms with E-state index in [2.05, 4.69) is 22.2 Å². The van der Waals surface area contributed by atoms with E-state index in [9.17, 15) is 4.79 Å². The number of nitrogens with one attached hydrogen (secondary N) is 2.